The third-order valence-corrected chi connectivity index (χ3v) is 5.86. The summed E-state index contributed by atoms with van der Waals surface area (Å²) in [4.78, 5) is 0. The molecule has 3 N–H and O–H groups in total. The molecule has 21 heavy (non-hydrogen) atoms. The molecule has 1 heterocycles. The van der Waals surface area contributed by atoms with Gasteiger partial charge in [0.2, 0.25) is 10.0 Å². The standard InChI is InChI=1S/C15H24N2O3S/c16-11-13-4-3-5-14(10-13)12-21(19,20)17-8-2-1-6-15(17)7-9-18/h3-5,10,15,18H,1-2,6-9,11-12,16H2. The van der Waals surface area contributed by atoms with Crippen LogP contribution in [0.5, 0.6) is 0 Å². The summed E-state index contributed by atoms with van der Waals surface area (Å²) in [7, 11) is -3.35. The molecule has 1 aromatic carbocycles. The number of hydrogen-bond donors (Lipinski definition) is 2. The lowest BCUT2D eigenvalue weighted by molar-refractivity contribution is 0.192. The van der Waals surface area contributed by atoms with Gasteiger partial charge < -0.3 is 10.8 Å². The van der Waals surface area contributed by atoms with Crippen molar-refractivity contribution in [2.24, 2.45) is 5.73 Å². The molecule has 1 fully saturated rings. The molecular weight excluding hydrogens is 288 g/mol. The molecule has 1 unspecified atom stereocenters. The van der Waals surface area contributed by atoms with Crippen molar-refractivity contribution in [2.75, 3.05) is 13.2 Å². The summed E-state index contributed by atoms with van der Waals surface area (Å²) in [6.45, 7) is 0.994. The van der Waals surface area contributed by atoms with Crippen LogP contribution in [0.15, 0.2) is 24.3 Å². The van der Waals surface area contributed by atoms with Crippen LogP contribution < -0.4 is 5.73 Å². The lowest BCUT2D eigenvalue weighted by Crippen LogP contribution is -2.44. The molecule has 1 atom stereocenters. The molecule has 1 aliphatic rings. The average molecular weight is 312 g/mol. The lowest BCUT2D eigenvalue weighted by atomic mass is 10.0. The van der Waals surface area contributed by atoms with Crippen LogP contribution in [0.25, 0.3) is 0 Å². The molecule has 1 aromatic rings. The Morgan fingerprint density at radius 2 is 2.05 bits per heavy atom. The van der Waals surface area contributed by atoms with Gasteiger partial charge >= 0.3 is 0 Å². The van der Waals surface area contributed by atoms with E-state index in [1.54, 1.807) is 4.31 Å². The average Bonchev–Trinajstić information content (AvgIpc) is 2.48. The van der Waals surface area contributed by atoms with Gasteiger partial charge in [-0.2, -0.15) is 4.31 Å². The molecule has 1 saturated heterocycles. The normalized spacial score (nSPS) is 20.6. The summed E-state index contributed by atoms with van der Waals surface area (Å²) in [5.41, 5.74) is 7.31. The van der Waals surface area contributed by atoms with Crippen molar-refractivity contribution in [1.29, 1.82) is 0 Å². The smallest absolute Gasteiger partial charge is 0.218 e. The minimum absolute atomic E-state index is 0.00275. The van der Waals surface area contributed by atoms with E-state index in [4.69, 9.17) is 10.8 Å². The number of piperidine rings is 1. The first-order valence-corrected chi connectivity index (χ1v) is 9.06. The number of benzene rings is 1. The van der Waals surface area contributed by atoms with Gasteiger partial charge in [-0.1, -0.05) is 30.7 Å². The van der Waals surface area contributed by atoms with Crippen LogP contribution >= 0.6 is 0 Å². The van der Waals surface area contributed by atoms with Gasteiger partial charge in [-0.15, -0.1) is 0 Å². The van der Waals surface area contributed by atoms with E-state index in [1.165, 1.54) is 0 Å². The van der Waals surface area contributed by atoms with Crippen LogP contribution in [-0.2, 0) is 22.3 Å². The summed E-state index contributed by atoms with van der Waals surface area (Å²) in [6.07, 6.45) is 3.27. The fourth-order valence-corrected chi connectivity index (χ4v) is 4.76. The highest BCUT2D eigenvalue weighted by atomic mass is 32.2. The summed E-state index contributed by atoms with van der Waals surface area (Å²) in [5.74, 6) is 0.00275. The van der Waals surface area contributed by atoms with Crippen molar-refractivity contribution in [2.45, 2.75) is 44.0 Å². The van der Waals surface area contributed by atoms with E-state index in [9.17, 15) is 8.42 Å². The number of nitrogens with two attached hydrogens (primary N) is 1. The van der Waals surface area contributed by atoms with Crippen LogP contribution in [0.4, 0.5) is 0 Å². The van der Waals surface area contributed by atoms with Crippen LogP contribution in [0, 0.1) is 0 Å². The van der Waals surface area contributed by atoms with Crippen LogP contribution in [-0.4, -0.2) is 37.0 Å². The van der Waals surface area contributed by atoms with Crippen molar-refractivity contribution >= 4 is 10.0 Å². The third-order valence-electron chi connectivity index (χ3n) is 3.97. The van der Waals surface area contributed by atoms with Crippen molar-refractivity contribution in [3.05, 3.63) is 35.4 Å². The van der Waals surface area contributed by atoms with Gasteiger partial charge in [0.05, 0.1) is 5.75 Å². The Morgan fingerprint density at radius 3 is 2.76 bits per heavy atom. The van der Waals surface area contributed by atoms with E-state index in [0.29, 0.717) is 19.5 Å². The van der Waals surface area contributed by atoms with E-state index >= 15 is 0 Å². The van der Waals surface area contributed by atoms with Crippen LogP contribution in [0.3, 0.4) is 0 Å². The first-order chi connectivity index (χ1) is 10.1. The molecule has 0 saturated carbocycles. The molecule has 0 spiro atoms. The van der Waals surface area contributed by atoms with E-state index < -0.39 is 10.0 Å². The molecule has 118 valence electrons. The molecule has 0 bridgehead atoms. The fraction of sp³-hybridized carbons (Fsp3) is 0.600. The SMILES string of the molecule is NCc1cccc(CS(=O)(=O)N2CCCCC2CCO)c1. The molecule has 1 aliphatic heterocycles. The van der Waals surface area contributed by atoms with Gasteiger partial charge in [0.25, 0.3) is 0 Å². The highest BCUT2D eigenvalue weighted by Crippen LogP contribution is 2.25. The zero-order valence-electron chi connectivity index (χ0n) is 12.2. The Labute approximate surface area is 126 Å². The van der Waals surface area contributed by atoms with E-state index in [0.717, 1.165) is 30.4 Å². The summed E-state index contributed by atoms with van der Waals surface area (Å²) >= 11 is 0. The molecular formula is C15H24N2O3S. The Kier molecular flexibility index (Phi) is 5.75. The topological polar surface area (TPSA) is 83.6 Å². The van der Waals surface area contributed by atoms with Gasteiger partial charge in [0.15, 0.2) is 0 Å². The molecule has 0 radical (unpaired) electrons. The van der Waals surface area contributed by atoms with E-state index in [2.05, 4.69) is 0 Å². The van der Waals surface area contributed by atoms with Crippen molar-refractivity contribution in [1.82, 2.24) is 4.31 Å². The minimum Gasteiger partial charge on any atom is -0.396 e. The number of aliphatic hydroxyl groups excluding tert-OH is 1. The first kappa shape index (κ1) is 16.4. The third kappa shape index (κ3) is 4.26. The van der Waals surface area contributed by atoms with Crippen LogP contribution in [0.2, 0.25) is 0 Å². The second kappa shape index (κ2) is 7.35. The lowest BCUT2D eigenvalue weighted by Gasteiger charge is -2.34. The molecule has 0 amide bonds. The monoisotopic (exact) mass is 312 g/mol. The quantitative estimate of drug-likeness (QED) is 0.827. The fourth-order valence-electron chi connectivity index (χ4n) is 2.92. The number of aliphatic hydroxyl groups is 1. The van der Waals surface area contributed by atoms with Crippen molar-refractivity contribution in [3.8, 4) is 0 Å². The zero-order chi connectivity index (χ0) is 15.3. The first-order valence-electron chi connectivity index (χ1n) is 7.45. The largest absolute Gasteiger partial charge is 0.396 e. The summed E-state index contributed by atoms with van der Waals surface area (Å²) in [5, 5.41) is 9.12. The molecule has 6 heteroatoms. The Hall–Kier alpha value is -0.950. The van der Waals surface area contributed by atoms with Crippen molar-refractivity contribution in [3.63, 3.8) is 0 Å². The number of rotatable bonds is 6. The van der Waals surface area contributed by atoms with Crippen molar-refractivity contribution < 1.29 is 13.5 Å². The van der Waals surface area contributed by atoms with Gasteiger partial charge in [-0.3, -0.25) is 0 Å². The maximum atomic E-state index is 12.7. The summed E-state index contributed by atoms with van der Waals surface area (Å²) in [6, 6.07) is 7.34. The highest BCUT2D eigenvalue weighted by molar-refractivity contribution is 7.88. The minimum atomic E-state index is -3.35. The maximum absolute atomic E-state index is 12.7. The molecule has 0 aromatic heterocycles. The van der Waals surface area contributed by atoms with Gasteiger partial charge in [0, 0.05) is 25.7 Å². The number of sulfonamides is 1. The maximum Gasteiger partial charge on any atom is 0.218 e. The molecule has 5 nitrogen and oxygen atoms in total. The predicted molar refractivity (Wildman–Crippen MR) is 83.0 cm³/mol. The van der Waals surface area contributed by atoms with E-state index in [-0.39, 0.29) is 18.4 Å². The van der Waals surface area contributed by atoms with Gasteiger partial charge in [-0.25, -0.2) is 8.42 Å². The molecule has 0 aliphatic carbocycles. The van der Waals surface area contributed by atoms with Gasteiger partial charge in [0.1, 0.15) is 0 Å². The summed E-state index contributed by atoms with van der Waals surface area (Å²) < 4.78 is 26.9. The second-order valence-electron chi connectivity index (χ2n) is 5.55. The second-order valence-corrected chi connectivity index (χ2v) is 7.47. The number of nitrogens with zero attached hydrogens (tertiary/aromatic N) is 1. The Morgan fingerprint density at radius 1 is 1.29 bits per heavy atom. The predicted octanol–water partition coefficient (Wildman–Crippen LogP) is 1.21. The molecule has 2 rings (SSSR count). The van der Waals surface area contributed by atoms with Crippen LogP contribution in [0.1, 0.15) is 36.8 Å². The number of hydrogen-bond acceptors (Lipinski definition) is 4. The van der Waals surface area contributed by atoms with Gasteiger partial charge in [-0.05, 0) is 30.4 Å². The zero-order valence-corrected chi connectivity index (χ0v) is 13.1. The Balaban J connectivity index is 2.15. The Bertz CT molecular complexity index is 558. The highest BCUT2D eigenvalue weighted by Gasteiger charge is 2.31. The van der Waals surface area contributed by atoms with E-state index in [1.807, 2.05) is 24.3 Å².